The van der Waals surface area contributed by atoms with Crippen LogP contribution in [0.5, 0.6) is 11.5 Å². The Morgan fingerprint density at radius 1 is 0.966 bits per heavy atom. The third-order valence-corrected chi connectivity index (χ3v) is 4.56. The van der Waals surface area contributed by atoms with Gasteiger partial charge in [-0.2, -0.15) is 0 Å². The molecule has 0 amide bonds. The molecule has 0 N–H and O–H groups in total. The van der Waals surface area contributed by atoms with Gasteiger partial charge in [0.25, 0.3) is 0 Å². The summed E-state index contributed by atoms with van der Waals surface area (Å²) in [6.07, 6.45) is -0.410. The second-order valence-corrected chi connectivity index (χ2v) is 7.83. The van der Waals surface area contributed by atoms with Crippen molar-refractivity contribution in [2.24, 2.45) is 0 Å². The molecule has 0 spiro atoms. The van der Waals surface area contributed by atoms with Crippen LogP contribution in [0.4, 0.5) is 4.79 Å². The fourth-order valence-electron chi connectivity index (χ4n) is 3.10. The standard InChI is InChI=1S/C23H25NO5/c1-14-15(2)24(22(26)29-23(3,4)5)20-11-10-18(13-19(14)20)28-17-9-7-8-16(12-17)21(25)27-6/h7-13H,1-6H3. The maximum Gasteiger partial charge on any atom is 0.419 e. The van der Waals surface area contributed by atoms with Crippen LogP contribution in [0.15, 0.2) is 42.5 Å². The maximum absolute atomic E-state index is 12.7. The molecule has 0 aliphatic carbocycles. The topological polar surface area (TPSA) is 66.8 Å². The van der Waals surface area contributed by atoms with Crippen LogP contribution in [0.3, 0.4) is 0 Å². The summed E-state index contributed by atoms with van der Waals surface area (Å²) in [7, 11) is 1.34. The van der Waals surface area contributed by atoms with Crippen LogP contribution in [-0.4, -0.2) is 29.3 Å². The molecule has 152 valence electrons. The van der Waals surface area contributed by atoms with Gasteiger partial charge in [-0.1, -0.05) is 6.07 Å². The van der Waals surface area contributed by atoms with Gasteiger partial charge in [0.05, 0.1) is 18.2 Å². The molecule has 0 aliphatic heterocycles. The lowest BCUT2D eigenvalue weighted by Gasteiger charge is -2.20. The molecule has 0 unspecified atom stereocenters. The molecule has 0 aliphatic rings. The van der Waals surface area contributed by atoms with Gasteiger partial charge in [-0.05, 0) is 76.6 Å². The lowest BCUT2D eigenvalue weighted by molar-refractivity contribution is 0.0540. The van der Waals surface area contributed by atoms with Crippen LogP contribution in [0.1, 0.15) is 42.4 Å². The van der Waals surface area contributed by atoms with Crippen molar-refractivity contribution in [3.63, 3.8) is 0 Å². The Bertz CT molecular complexity index is 1090. The second kappa shape index (κ2) is 7.62. The van der Waals surface area contributed by atoms with Crippen molar-refractivity contribution >= 4 is 23.0 Å². The first-order chi connectivity index (χ1) is 13.6. The first-order valence-corrected chi connectivity index (χ1v) is 9.32. The number of carbonyl (C=O) groups is 2. The van der Waals surface area contributed by atoms with Crippen molar-refractivity contribution in [1.82, 2.24) is 4.57 Å². The van der Waals surface area contributed by atoms with E-state index in [1.54, 1.807) is 34.9 Å². The summed E-state index contributed by atoms with van der Waals surface area (Å²) < 4.78 is 17.8. The number of ether oxygens (including phenoxy) is 3. The largest absolute Gasteiger partial charge is 0.465 e. The molecule has 1 aromatic heterocycles. The molecule has 0 saturated heterocycles. The first kappa shape index (κ1) is 20.5. The highest BCUT2D eigenvalue weighted by Gasteiger charge is 2.23. The van der Waals surface area contributed by atoms with E-state index in [0.717, 1.165) is 22.2 Å². The minimum atomic E-state index is -0.582. The molecule has 29 heavy (non-hydrogen) atoms. The van der Waals surface area contributed by atoms with E-state index >= 15 is 0 Å². The van der Waals surface area contributed by atoms with Crippen LogP contribution >= 0.6 is 0 Å². The van der Waals surface area contributed by atoms with E-state index in [1.165, 1.54) is 7.11 Å². The molecule has 0 fully saturated rings. The molecule has 3 rings (SSSR count). The summed E-state index contributed by atoms with van der Waals surface area (Å²) >= 11 is 0. The van der Waals surface area contributed by atoms with Crippen molar-refractivity contribution in [3.05, 3.63) is 59.3 Å². The minimum absolute atomic E-state index is 0.410. The lowest BCUT2D eigenvalue weighted by Crippen LogP contribution is -2.27. The molecule has 2 aromatic carbocycles. The van der Waals surface area contributed by atoms with Crippen LogP contribution in [0.2, 0.25) is 0 Å². The van der Waals surface area contributed by atoms with E-state index in [-0.39, 0.29) is 0 Å². The number of esters is 1. The van der Waals surface area contributed by atoms with E-state index in [9.17, 15) is 9.59 Å². The van der Waals surface area contributed by atoms with Gasteiger partial charge in [0, 0.05) is 11.1 Å². The highest BCUT2D eigenvalue weighted by molar-refractivity contribution is 5.94. The molecule has 0 bridgehead atoms. The third kappa shape index (κ3) is 4.26. The van der Waals surface area contributed by atoms with Crippen molar-refractivity contribution < 1.29 is 23.8 Å². The molecule has 6 nitrogen and oxygen atoms in total. The van der Waals surface area contributed by atoms with Gasteiger partial charge in [0.2, 0.25) is 0 Å². The number of benzene rings is 2. The molecule has 3 aromatic rings. The number of fused-ring (bicyclic) bond motifs is 1. The Balaban J connectivity index is 1.96. The normalized spacial score (nSPS) is 11.4. The van der Waals surface area contributed by atoms with E-state index in [2.05, 4.69) is 0 Å². The van der Waals surface area contributed by atoms with Crippen molar-refractivity contribution in [3.8, 4) is 11.5 Å². The smallest absolute Gasteiger partial charge is 0.419 e. The zero-order valence-corrected chi connectivity index (χ0v) is 17.5. The van der Waals surface area contributed by atoms with E-state index in [1.807, 2.05) is 46.8 Å². The number of hydrogen-bond donors (Lipinski definition) is 0. The average Bonchev–Trinajstić information content (AvgIpc) is 2.90. The lowest BCUT2D eigenvalue weighted by atomic mass is 10.1. The summed E-state index contributed by atoms with van der Waals surface area (Å²) in [6, 6.07) is 12.3. The van der Waals surface area contributed by atoms with E-state index < -0.39 is 17.7 Å². The summed E-state index contributed by atoms with van der Waals surface area (Å²) in [4.78, 5) is 24.4. The summed E-state index contributed by atoms with van der Waals surface area (Å²) in [5.74, 6) is 0.698. The van der Waals surface area contributed by atoms with Gasteiger partial charge in [-0.15, -0.1) is 0 Å². The minimum Gasteiger partial charge on any atom is -0.465 e. The monoisotopic (exact) mass is 395 g/mol. The number of carbonyl (C=O) groups excluding carboxylic acids is 2. The highest BCUT2D eigenvalue weighted by Crippen LogP contribution is 2.31. The second-order valence-electron chi connectivity index (χ2n) is 7.83. The fourth-order valence-corrected chi connectivity index (χ4v) is 3.10. The average molecular weight is 395 g/mol. The Morgan fingerprint density at radius 3 is 2.31 bits per heavy atom. The number of rotatable bonds is 3. The van der Waals surface area contributed by atoms with Crippen molar-refractivity contribution in [2.45, 2.75) is 40.2 Å². The Labute approximate surface area is 170 Å². The summed E-state index contributed by atoms with van der Waals surface area (Å²) in [5, 5.41) is 0.898. The Morgan fingerprint density at radius 2 is 1.66 bits per heavy atom. The Hall–Kier alpha value is -3.28. The van der Waals surface area contributed by atoms with Crippen molar-refractivity contribution in [2.75, 3.05) is 7.11 Å². The third-order valence-electron chi connectivity index (χ3n) is 4.56. The number of methoxy groups -OCH3 is 1. The van der Waals surface area contributed by atoms with Crippen LogP contribution in [0.25, 0.3) is 10.9 Å². The van der Waals surface area contributed by atoms with Gasteiger partial charge in [0.1, 0.15) is 17.1 Å². The molecule has 0 atom stereocenters. The molecular weight excluding hydrogens is 370 g/mol. The van der Waals surface area contributed by atoms with Gasteiger partial charge in [-0.3, -0.25) is 0 Å². The number of nitrogens with zero attached hydrogens (tertiary/aromatic N) is 1. The zero-order valence-electron chi connectivity index (χ0n) is 17.5. The summed E-state index contributed by atoms with van der Waals surface area (Å²) in [5.41, 5.74) is 2.37. The van der Waals surface area contributed by atoms with Crippen LogP contribution in [0, 0.1) is 13.8 Å². The van der Waals surface area contributed by atoms with Gasteiger partial charge < -0.3 is 14.2 Å². The predicted molar refractivity (Wildman–Crippen MR) is 111 cm³/mol. The van der Waals surface area contributed by atoms with Crippen LogP contribution < -0.4 is 4.74 Å². The summed E-state index contributed by atoms with van der Waals surface area (Å²) in [6.45, 7) is 9.37. The highest BCUT2D eigenvalue weighted by atomic mass is 16.6. The van der Waals surface area contributed by atoms with E-state index in [0.29, 0.717) is 17.1 Å². The molecular formula is C23H25NO5. The maximum atomic E-state index is 12.7. The predicted octanol–water partition coefficient (Wildman–Crippen LogP) is 5.62. The van der Waals surface area contributed by atoms with E-state index in [4.69, 9.17) is 14.2 Å². The zero-order chi connectivity index (χ0) is 21.3. The van der Waals surface area contributed by atoms with Gasteiger partial charge >= 0.3 is 12.1 Å². The number of aromatic nitrogens is 1. The van der Waals surface area contributed by atoms with Gasteiger partial charge in [0.15, 0.2) is 0 Å². The molecule has 1 heterocycles. The first-order valence-electron chi connectivity index (χ1n) is 9.32. The fraction of sp³-hybridized carbons (Fsp3) is 0.304. The van der Waals surface area contributed by atoms with Gasteiger partial charge in [-0.25, -0.2) is 14.2 Å². The molecule has 0 saturated carbocycles. The van der Waals surface area contributed by atoms with Crippen LogP contribution in [-0.2, 0) is 9.47 Å². The number of aryl methyl sites for hydroxylation is 1. The SMILES string of the molecule is COC(=O)c1cccc(Oc2ccc3c(c2)c(C)c(C)n3C(=O)OC(C)(C)C)c1. The number of hydrogen-bond acceptors (Lipinski definition) is 5. The quantitative estimate of drug-likeness (QED) is 0.539. The Kier molecular flexibility index (Phi) is 5.38. The molecule has 6 heteroatoms. The molecule has 0 radical (unpaired) electrons. The van der Waals surface area contributed by atoms with Crippen molar-refractivity contribution in [1.29, 1.82) is 0 Å².